The summed E-state index contributed by atoms with van der Waals surface area (Å²) in [7, 11) is 1.49. The van der Waals surface area contributed by atoms with E-state index in [1.165, 1.54) is 18.3 Å². The van der Waals surface area contributed by atoms with Gasteiger partial charge in [-0.05, 0) is 38.1 Å². The fourth-order valence-electron chi connectivity index (χ4n) is 3.96. The number of anilines is 3. The van der Waals surface area contributed by atoms with Crippen molar-refractivity contribution in [1.82, 2.24) is 25.5 Å². The molecule has 4 aromatic rings. The van der Waals surface area contributed by atoms with Crippen molar-refractivity contribution in [3.8, 4) is 11.5 Å². The molecular weight excluding hydrogens is 512 g/mol. The monoisotopic (exact) mass is 541 g/mol. The van der Waals surface area contributed by atoms with Crippen LogP contribution in [-0.4, -0.2) is 64.1 Å². The number of methoxy groups -OCH3 is 1. The molecule has 13 heteroatoms. The lowest BCUT2D eigenvalue weighted by atomic mass is 10.1. The molecule has 2 aromatic carbocycles. The van der Waals surface area contributed by atoms with Crippen molar-refractivity contribution < 1.29 is 28.2 Å². The van der Waals surface area contributed by atoms with Crippen LogP contribution in [0.25, 0.3) is 10.9 Å². The van der Waals surface area contributed by atoms with Crippen molar-refractivity contribution in [3.63, 3.8) is 0 Å². The van der Waals surface area contributed by atoms with E-state index in [0.29, 0.717) is 54.2 Å². The second-order valence-corrected chi connectivity index (χ2v) is 8.83. The summed E-state index contributed by atoms with van der Waals surface area (Å²) in [5, 5.41) is 19.9. The fourth-order valence-corrected chi connectivity index (χ4v) is 3.96. The number of primary amides is 1. The Kier molecular flexibility index (Phi) is 8.84. The van der Waals surface area contributed by atoms with Gasteiger partial charge in [0.1, 0.15) is 23.8 Å². The predicted octanol–water partition coefficient (Wildman–Crippen LogP) is 2.88. The van der Waals surface area contributed by atoms with Gasteiger partial charge in [-0.1, -0.05) is 0 Å². The predicted molar refractivity (Wildman–Crippen MR) is 140 cm³/mol. The van der Waals surface area contributed by atoms with Gasteiger partial charge in [0.2, 0.25) is 5.91 Å². The van der Waals surface area contributed by atoms with Gasteiger partial charge in [-0.3, -0.25) is 14.8 Å². The average Bonchev–Trinajstić information content (AvgIpc) is 3.32. The number of aromatic amines is 1. The zero-order valence-corrected chi connectivity index (χ0v) is 21.4. The van der Waals surface area contributed by atoms with E-state index >= 15 is 0 Å². The number of aliphatic hydroxyl groups excluding tert-OH is 1. The van der Waals surface area contributed by atoms with Gasteiger partial charge < -0.3 is 25.6 Å². The van der Waals surface area contributed by atoms with Crippen LogP contribution >= 0.6 is 0 Å². The number of carbonyl (C=O) groups excluding carboxylic acids is 1. The topological polar surface area (TPSA) is 152 Å². The molecule has 11 nitrogen and oxygen atoms in total. The van der Waals surface area contributed by atoms with Gasteiger partial charge in [-0.2, -0.15) is 5.10 Å². The first-order valence-electron chi connectivity index (χ1n) is 12.2. The van der Waals surface area contributed by atoms with Gasteiger partial charge in [0.05, 0.1) is 37.4 Å². The third kappa shape index (κ3) is 6.94. The molecule has 2 heterocycles. The number of aromatic nitrogens is 4. The molecule has 0 fully saturated rings. The van der Waals surface area contributed by atoms with Gasteiger partial charge in [0.15, 0.2) is 17.3 Å². The third-order valence-corrected chi connectivity index (χ3v) is 5.62. The molecule has 1 amide bonds. The maximum absolute atomic E-state index is 14.3. The Morgan fingerprint density at radius 3 is 2.62 bits per heavy atom. The summed E-state index contributed by atoms with van der Waals surface area (Å²) in [4.78, 5) is 21.6. The SMILES string of the molecule is COc1cc2c(N(c3cc(F)cc(F)c3)c3cc(CC(N)=O)[nH]n3)ncnc2cc1OCCCNC[C@@H](C)O. The Hall–Kier alpha value is -4.36. The highest BCUT2D eigenvalue weighted by Gasteiger charge is 2.23. The number of benzene rings is 2. The first-order chi connectivity index (χ1) is 18.7. The Morgan fingerprint density at radius 1 is 1.15 bits per heavy atom. The normalized spacial score (nSPS) is 11.9. The van der Waals surface area contributed by atoms with Crippen LogP contribution in [0.2, 0.25) is 0 Å². The third-order valence-electron chi connectivity index (χ3n) is 5.62. The Morgan fingerprint density at radius 2 is 1.92 bits per heavy atom. The highest BCUT2D eigenvalue weighted by molar-refractivity contribution is 5.96. The average molecular weight is 542 g/mol. The number of halogens is 2. The largest absolute Gasteiger partial charge is 0.493 e. The molecule has 0 radical (unpaired) electrons. The van der Waals surface area contributed by atoms with Crippen molar-refractivity contribution in [1.29, 1.82) is 0 Å². The number of rotatable bonds is 13. The van der Waals surface area contributed by atoms with Crippen LogP contribution in [0.4, 0.5) is 26.1 Å². The van der Waals surface area contributed by atoms with E-state index in [9.17, 15) is 18.7 Å². The van der Waals surface area contributed by atoms with Gasteiger partial charge in [0, 0.05) is 35.8 Å². The molecule has 0 unspecified atom stereocenters. The standard InChI is InChI=1S/C26H29F2N7O4/c1-15(36)13-30-4-3-5-39-23-12-21-20(11-22(23)38-2)26(32-14-31-21)35(19-7-16(27)6-17(28)8-19)25-10-18(33-34-25)9-24(29)37/h6-8,10-12,14-15,30,36H,3-5,9,13H2,1-2H3,(H2,29,37)(H,33,34)/t15-/m1/s1. The quantitative estimate of drug-likeness (QED) is 0.187. The van der Waals surface area contributed by atoms with E-state index in [4.69, 9.17) is 15.2 Å². The summed E-state index contributed by atoms with van der Waals surface area (Å²) >= 11 is 0. The first-order valence-corrected chi connectivity index (χ1v) is 12.2. The summed E-state index contributed by atoms with van der Waals surface area (Å²) < 4.78 is 40.0. The zero-order valence-electron chi connectivity index (χ0n) is 21.4. The van der Waals surface area contributed by atoms with Crippen LogP contribution in [0.15, 0.2) is 42.7 Å². The molecule has 0 bridgehead atoms. The molecule has 0 saturated carbocycles. The molecule has 4 rings (SSSR count). The number of nitrogens with one attached hydrogen (secondary N) is 2. The maximum atomic E-state index is 14.3. The number of carbonyl (C=O) groups is 1. The van der Waals surface area contributed by atoms with Gasteiger partial charge in [0.25, 0.3) is 0 Å². The second-order valence-electron chi connectivity index (χ2n) is 8.83. The maximum Gasteiger partial charge on any atom is 0.223 e. The molecular formula is C26H29F2N7O4. The van der Waals surface area contributed by atoms with Crippen molar-refractivity contribution >= 4 is 34.1 Å². The summed E-state index contributed by atoms with van der Waals surface area (Å²) in [5.41, 5.74) is 6.30. The number of hydrogen-bond acceptors (Lipinski definition) is 9. The van der Waals surface area contributed by atoms with E-state index < -0.39 is 23.6 Å². The molecule has 0 spiro atoms. The summed E-state index contributed by atoms with van der Waals surface area (Å²) in [6.07, 6.45) is 1.47. The van der Waals surface area contributed by atoms with Crippen LogP contribution < -0.4 is 25.4 Å². The minimum Gasteiger partial charge on any atom is -0.493 e. The Balaban J connectivity index is 1.72. The lowest BCUT2D eigenvalue weighted by Gasteiger charge is -2.23. The lowest BCUT2D eigenvalue weighted by Crippen LogP contribution is -2.26. The molecule has 1 atom stereocenters. The number of amides is 1. The molecule has 0 saturated heterocycles. The highest BCUT2D eigenvalue weighted by Crippen LogP contribution is 2.40. The van der Waals surface area contributed by atoms with E-state index in [0.717, 1.165) is 18.2 Å². The minimum absolute atomic E-state index is 0.105. The molecule has 0 aliphatic heterocycles. The van der Waals surface area contributed by atoms with Crippen molar-refractivity contribution in [2.45, 2.75) is 25.9 Å². The number of hydrogen-bond donors (Lipinski definition) is 4. The number of fused-ring (bicyclic) bond motifs is 1. The molecule has 5 N–H and O–H groups in total. The number of H-pyrrole nitrogens is 1. The van der Waals surface area contributed by atoms with E-state index in [-0.39, 0.29) is 23.7 Å². The number of aliphatic hydroxyl groups is 1. The van der Waals surface area contributed by atoms with E-state index in [1.807, 2.05) is 0 Å². The number of nitrogens with two attached hydrogens (primary N) is 1. The van der Waals surface area contributed by atoms with Crippen molar-refractivity contribution in [2.24, 2.45) is 5.73 Å². The Labute approximate surface area is 223 Å². The molecule has 0 aliphatic rings. The van der Waals surface area contributed by atoms with Gasteiger partial charge in [-0.25, -0.2) is 18.7 Å². The molecule has 2 aromatic heterocycles. The smallest absolute Gasteiger partial charge is 0.223 e. The fraction of sp³-hybridized carbons (Fsp3) is 0.308. The van der Waals surface area contributed by atoms with Crippen LogP contribution in [0, 0.1) is 11.6 Å². The van der Waals surface area contributed by atoms with Gasteiger partial charge >= 0.3 is 0 Å². The number of ether oxygens (including phenoxy) is 2. The first kappa shape index (κ1) is 27.7. The second kappa shape index (κ2) is 12.5. The Bertz CT molecular complexity index is 1430. The molecule has 0 aliphatic carbocycles. The van der Waals surface area contributed by atoms with Gasteiger partial charge in [-0.15, -0.1) is 0 Å². The lowest BCUT2D eigenvalue weighted by molar-refractivity contribution is -0.117. The van der Waals surface area contributed by atoms with Crippen LogP contribution in [-0.2, 0) is 11.2 Å². The number of nitrogens with zero attached hydrogens (tertiary/aromatic N) is 4. The van der Waals surface area contributed by atoms with E-state index in [2.05, 4.69) is 25.5 Å². The van der Waals surface area contributed by atoms with Crippen molar-refractivity contribution in [2.75, 3.05) is 31.7 Å². The van der Waals surface area contributed by atoms with Crippen LogP contribution in [0.3, 0.4) is 0 Å². The van der Waals surface area contributed by atoms with E-state index in [1.54, 1.807) is 25.1 Å². The summed E-state index contributed by atoms with van der Waals surface area (Å²) in [5.74, 6) is -0.823. The highest BCUT2D eigenvalue weighted by atomic mass is 19.1. The minimum atomic E-state index is -0.794. The molecule has 206 valence electrons. The van der Waals surface area contributed by atoms with Crippen LogP contribution in [0.1, 0.15) is 19.0 Å². The summed E-state index contributed by atoms with van der Waals surface area (Å²) in [6, 6.07) is 7.94. The molecule has 39 heavy (non-hydrogen) atoms. The summed E-state index contributed by atoms with van der Waals surface area (Å²) in [6.45, 7) is 3.24. The zero-order chi connectivity index (χ0) is 27.9. The van der Waals surface area contributed by atoms with Crippen LogP contribution in [0.5, 0.6) is 11.5 Å². The van der Waals surface area contributed by atoms with Crippen molar-refractivity contribution in [3.05, 3.63) is 60.1 Å².